The van der Waals surface area contributed by atoms with E-state index in [9.17, 15) is 0 Å². The molecule has 0 aliphatic heterocycles. The minimum absolute atomic E-state index is 0.367. The lowest BCUT2D eigenvalue weighted by Gasteiger charge is -2.02. The Bertz CT molecular complexity index is 433. The normalized spacial score (nSPS) is 11.4. The first-order valence-electron chi connectivity index (χ1n) is 4.17. The Morgan fingerprint density at radius 1 is 1.46 bits per heavy atom. The summed E-state index contributed by atoms with van der Waals surface area (Å²) in [4.78, 5) is 3.99. The van der Waals surface area contributed by atoms with E-state index in [1.54, 1.807) is 12.3 Å². The number of rotatable bonds is 1. The van der Waals surface area contributed by atoms with Crippen LogP contribution in [-0.2, 0) is 0 Å². The van der Waals surface area contributed by atoms with Crippen molar-refractivity contribution in [1.29, 1.82) is 0 Å². The molecule has 2 aromatic rings. The van der Waals surface area contributed by atoms with Crippen molar-refractivity contribution in [1.82, 2.24) is 14.8 Å². The van der Waals surface area contributed by atoms with Crippen LogP contribution in [0.25, 0.3) is 10.9 Å². The lowest BCUT2D eigenvalue weighted by atomic mass is 10.3. The van der Waals surface area contributed by atoms with Crippen LogP contribution in [0.15, 0.2) is 18.5 Å². The zero-order valence-corrected chi connectivity index (χ0v) is 8.28. The fourth-order valence-corrected chi connectivity index (χ4v) is 1.33. The average Bonchev–Trinajstić information content (AvgIpc) is 2.46. The maximum Gasteiger partial charge on any atom is 0.131 e. The summed E-state index contributed by atoms with van der Waals surface area (Å²) >= 11 is 5.75. The molecule has 2 aromatic heterocycles. The molecule has 13 heavy (non-hydrogen) atoms. The Morgan fingerprint density at radius 2 is 2.23 bits per heavy atom. The molecule has 0 atom stereocenters. The van der Waals surface area contributed by atoms with Gasteiger partial charge in [-0.25, -0.2) is 4.98 Å². The molecular weight excluding hydrogens is 186 g/mol. The highest BCUT2D eigenvalue weighted by Gasteiger charge is 2.03. The summed E-state index contributed by atoms with van der Waals surface area (Å²) in [5.41, 5.74) is 0.897. The number of hydrogen-bond acceptors (Lipinski definition) is 2. The second-order valence-corrected chi connectivity index (χ2v) is 3.66. The van der Waals surface area contributed by atoms with Crippen LogP contribution in [0.4, 0.5) is 0 Å². The number of halogens is 1. The van der Waals surface area contributed by atoms with E-state index in [-0.39, 0.29) is 0 Å². The van der Waals surface area contributed by atoms with Gasteiger partial charge < -0.3 is 0 Å². The fourth-order valence-electron chi connectivity index (χ4n) is 1.18. The van der Waals surface area contributed by atoms with Crippen molar-refractivity contribution in [3.05, 3.63) is 23.6 Å². The van der Waals surface area contributed by atoms with Gasteiger partial charge >= 0.3 is 0 Å². The minimum atomic E-state index is 0.367. The SMILES string of the molecule is CC(C)n1cc2cnc(Cl)cc2n1. The maximum atomic E-state index is 5.75. The summed E-state index contributed by atoms with van der Waals surface area (Å²) in [5.74, 6) is 0. The van der Waals surface area contributed by atoms with E-state index in [0.717, 1.165) is 10.9 Å². The molecule has 0 amide bonds. The van der Waals surface area contributed by atoms with Crippen molar-refractivity contribution < 1.29 is 0 Å². The second-order valence-electron chi connectivity index (χ2n) is 3.27. The van der Waals surface area contributed by atoms with Crippen molar-refractivity contribution in [3.8, 4) is 0 Å². The van der Waals surface area contributed by atoms with Gasteiger partial charge in [0.05, 0.1) is 5.52 Å². The van der Waals surface area contributed by atoms with Crippen LogP contribution in [0.1, 0.15) is 19.9 Å². The van der Waals surface area contributed by atoms with Crippen LogP contribution in [0.5, 0.6) is 0 Å². The molecular formula is C9H10ClN3. The standard InChI is InChI=1S/C9H10ClN3/c1-6(2)13-5-7-4-11-9(10)3-8(7)12-13/h3-6H,1-2H3. The van der Waals surface area contributed by atoms with Gasteiger partial charge in [-0.2, -0.15) is 5.10 Å². The minimum Gasteiger partial charge on any atom is -0.269 e. The van der Waals surface area contributed by atoms with Crippen molar-refractivity contribution in [2.24, 2.45) is 0 Å². The van der Waals surface area contributed by atoms with Crippen LogP contribution in [0.2, 0.25) is 5.15 Å². The Kier molecular flexibility index (Phi) is 1.96. The summed E-state index contributed by atoms with van der Waals surface area (Å²) in [5, 5.41) is 5.88. The maximum absolute atomic E-state index is 5.75. The van der Waals surface area contributed by atoms with Gasteiger partial charge in [-0.3, -0.25) is 4.68 Å². The van der Waals surface area contributed by atoms with Crippen LogP contribution in [0.3, 0.4) is 0 Å². The van der Waals surface area contributed by atoms with E-state index in [2.05, 4.69) is 23.9 Å². The van der Waals surface area contributed by atoms with Gasteiger partial charge in [0, 0.05) is 29.9 Å². The molecule has 0 unspecified atom stereocenters. The average molecular weight is 196 g/mol. The topological polar surface area (TPSA) is 30.7 Å². The van der Waals surface area contributed by atoms with Crippen LogP contribution < -0.4 is 0 Å². The number of fused-ring (bicyclic) bond motifs is 1. The quantitative estimate of drug-likeness (QED) is 0.655. The first-order chi connectivity index (χ1) is 6.16. The molecule has 4 heteroatoms. The third kappa shape index (κ3) is 1.52. The molecule has 0 N–H and O–H groups in total. The summed E-state index contributed by atoms with van der Waals surface area (Å²) in [6.07, 6.45) is 3.72. The monoisotopic (exact) mass is 195 g/mol. The molecule has 0 spiro atoms. The lowest BCUT2D eigenvalue weighted by Crippen LogP contribution is -1.99. The molecule has 3 nitrogen and oxygen atoms in total. The Labute approximate surface area is 81.3 Å². The summed E-state index contributed by atoms with van der Waals surface area (Å²) < 4.78 is 1.91. The van der Waals surface area contributed by atoms with Gasteiger partial charge in [0.1, 0.15) is 5.15 Å². The fraction of sp³-hybridized carbons (Fsp3) is 0.333. The second kappa shape index (κ2) is 3.00. The highest BCUT2D eigenvalue weighted by molar-refractivity contribution is 6.29. The predicted octanol–water partition coefficient (Wildman–Crippen LogP) is 2.67. The van der Waals surface area contributed by atoms with Gasteiger partial charge in [0.25, 0.3) is 0 Å². The Morgan fingerprint density at radius 3 is 2.92 bits per heavy atom. The van der Waals surface area contributed by atoms with Gasteiger partial charge in [-0.15, -0.1) is 0 Å². The highest BCUT2D eigenvalue weighted by Crippen LogP contribution is 2.16. The van der Waals surface area contributed by atoms with Crippen LogP contribution in [0, 0.1) is 0 Å². The number of pyridine rings is 1. The molecule has 68 valence electrons. The Balaban J connectivity index is 2.62. The highest BCUT2D eigenvalue weighted by atomic mass is 35.5. The van der Waals surface area contributed by atoms with Crippen molar-refractivity contribution in [2.45, 2.75) is 19.9 Å². The molecule has 0 bridgehead atoms. The van der Waals surface area contributed by atoms with Crippen molar-refractivity contribution >= 4 is 22.5 Å². The molecule has 0 saturated heterocycles. The van der Waals surface area contributed by atoms with Gasteiger partial charge in [0.15, 0.2) is 0 Å². The number of nitrogens with zero attached hydrogens (tertiary/aromatic N) is 3. The predicted molar refractivity (Wildman–Crippen MR) is 52.9 cm³/mol. The van der Waals surface area contributed by atoms with E-state index in [1.165, 1.54) is 0 Å². The molecule has 0 aliphatic carbocycles. The smallest absolute Gasteiger partial charge is 0.131 e. The molecule has 0 aromatic carbocycles. The molecule has 2 heterocycles. The van der Waals surface area contributed by atoms with E-state index >= 15 is 0 Å². The Hall–Kier alpha value is -1.09. The van der Waals surface area contributed by atoms with E-state index in [1.807, 2.05) is 10.9 Å². The van der Waals surface area contributed by atoms with E-state index in [4.69, 9.17) is 11.6 Å². The lowest BCUT2D eigenvalue weighted by molar-refractivity contribution is 0.537. The molecule has 2 rings (SSSR count). The van der Waals surface area contributed by atoms with Gasteiger partial charge in [0.2, 0.25) is 0 Å². The molecule has 0 fully saturated rings. The number of aromatic nitrogens is 3. The van der Waals surface area contributed by atoms with E-state index < -0.39 is 0 Å². The third-order valence-corrected chi connectivity index (χ3v) is 2.11. The van der Waals surface area contributed by atoms with E-state index in [0.29, 0.717) is 11.2 Å². The van der Waals surface area contributed by atoms with Crippen molar-refractivity contribution in [2.75, 3.05) is 0 Å². The molecule has 0 saturated carbocycles. The third-order valence-electron chi connectivity index (χ3n) is 1.90. The molecule has 0 aliphatic rings. The molecule has 0 radical (unpaired) electrons. The summed E-state index contributed by atoms with van der Waals surface area (Å²) in [6.45, 7) is 4.17. The zero-order chi connectivity index (χ0) is 9.42. The number of hydrogen-bond donors (Lipinski definition) is 0. The first kappa shape index (κ1) is 8.51. The van der Waals surface area contributed by atoms with Crippen LogP contribution in [-0.4, -0.2) is 14.8 Å². The summed E-state index contributed by atoms with van der Waals surface area (Å²) in [7, 11) is 0. The van der Waals surface area contributed by atoms with Gasteiger partial charge in [-0.05, 0) is 13.8 Å². The summed E-state index contributed by atoms with van der Waals surface area (Å²) in [6, 6.07) is 2.14. The van der Waals surface area contributed by atoms with Crippen LogP contribution >= 0.6 is 11.6 Å². The largest absolute Gasteiger partial charge is 0.269 e. The zero-order valence-electron chi connectivity index (χ0n) is 7.53. The first-order valence-corrected chi connectivity index (χ1v) is 4.55. The van der Waals surface area contributed by atoms with Gasteiger partial charge in [-0.1, -0.05) is 11.6 Å². The van der Waals surface area contributed by atoms with Crippen molar-refractivity contribution in [3.63, 3.8) is 0 Å².